The molecule has 0 radical (unpaired) electrons. The van der Waals surface area contributed by atoms with Crippen LogP contribution in [0.3, 0.4) is 0 Å². The van der Waals surface area contributed by atoms with Crippen LogP contribution in [-0.4, -0.2) is 18.4 Å². The lowest BCUT2D eigenvalue weighted by Crippen LogP contribution is -2.32. The van der Waals surface area contributed by atoms with Crippen LogP contribution in [0.1, 0.15) is 28.9 Å². The Bertz CT molecular complexity index is 1410. The first-order valence-electron chi connectivity index (χ1n) is 10.3. The number of carbonyl (C=O) groups excluding carboxylic acids is 2. The highest BCUT2D eigenvalue weighted by Crippen LogP contribution is 2.39. The summed E-state index contributed by atoms with van der Waals surface area (Å²) < 4.78 is 11.7. The molecule has 7 nitrogen and oxygen atoms in total. The topological polar surface area (TPSA) is 113 Å². The standard InChI is InChI=1S/C25H23NO6/c1-13-17-11-19-22(16-7-5-4-6-8-16)15(3)31-24(19)14(2)23(17)32-25(30)18(13)12-20(27)26-10-9-21(28)29/h4-8,11H,9-10,12H2,1-3H3,(H,26,27)(H,28,29)/p-1. The van der Waals surface area contributed by atoms with Crippen molar-refractivity contribution in [2.75, 3.05) is 6.54 Å². The first kappa shape index (κ1) is 21.4. The van der Waals surface area contributed by atoms with Gasteiger partial charge in [-0.2, -0.15) is 0 Å². The zero-order chi connectivity index (χ0) is 23.0. The number of hydrogen-bond acceptors (Lipinski definition) is 6. The van der Waals surface area contributed by atoms with E-state index in [0.717, 1.165) is 27.7 Å². The van der Waals surface area contributed by atoms with Crippen LogP contribution < -0.4 is 16.0 Å². The van der Waals surface area contributed by atoms with Crippen LogP contribution in [0.4, 0.5) is 0 Å². The number of carboxylic acid groups (broad SMARTS) is 1. The van der Waals surface area contributed by atoms with E-state index < -0.39 is 17.5 Å². The number of fused-ring (bicyclic) bond motifs is 2. The van der Waals surface area contributed by atoms with Crippen molar-refractivity contribution >= 4 is 33.8 Å². The van der Waals surface area contributed by atoms with E-state index in [0.29, 0.717) is 22.3 Å². The van der Waals surface area contributed by atoms with Gasteiger partial charge in [-0.25, -0.2) is 4.79 Å². The van der Waals surface area contributed by atoms with Gasteiger partial charge in [-0.15, -0.1) is 0 Å². The number of carboxylic acids is 1. The maximum Gasteiger partial charge on any atom is 0.340 e. The first-order chi connectivity index (χ1) is 15.3. The lowest BCUT2D eigenvalue weighted by Gasteiger charge is -2.11. The molecule has 0 aliphatic rings. The van der Waals surface area contributed by atoms with E-state index in [1.807, 2.05) is 50.2 Å². The summed E-state index contributed by atoms with van der Waals surface area (Å²) in [6.07, 6.45) is -0.499. The molecule has 32 heavy (non-hydrogen) atoms. The molecule has 0 unspecified atom stereocenters. The fourth-order valence-corrected chi connectivity index (χ4v) is 4.07. The molecule has 164 valence electrons. The summed E-state index contributed by atoms with van der Waals surface area (Å²) in [5, 5.41) is 14.6. The summed E-state index contributed by atoms with van der Waals surface area (Å²) >= 11 is 0. The molecule has 0 fully saturated rings. The average molecular weight is 432 g/mol. The van der Waals surface area contributed by atoms with Crippen LogP contribution in [0.15, 0.2) is 50.0 Å². The molecule has 2 aromatic carbocycles. The van der Waals surface area contributed by atoms with E-state index in [9.17, 15) is 19.5 Å². The summed E-state index contributed by atoms with van der Waals surface area (Å²) in [5.74, 6) is -0.948. The van der Waals surface area contributed by atoms with Crippen molar-refractivity contribution in [3.8, 4) is 11.1 Å². The average Bonchev–Trinajstić information content (AvgIpc) is 3.09. The number of rotatable bonds is 6. The lowest BCUT2D eigenvalue weighted by molar-refractivity contribution is -0.305. The number of furan rings is 1. The Morgan fingerprint density at radius 1 is 0.969 bits per heavy atom. The molecule has 1 amide bonds. The van der Waals surface area contributed by atoms with E-state index in [2.05, 4.69) is 5.32 Å². The number of nitrogens with one attached hydrogen (secondary N) is 1. The number of benzene rings is 2. The van der Waals surface area contributed by atoms with Crippen LogP contribution in [0.5, 0.6) is 0 Å². The molecule has 1 N–H and O–H groups in total. The van der Waals surface area contributed by atoms with Crippen molar-refractivity contribution in [2.45, 2.75) is 33.6 Å². The van der Waals surface area contributed by atoms with E-state index in [4.69, 9.17) is 8.83 Å². The minimum absolute atomic E-state index is 0.0619. The highest BCUT2D eigenvalue weighted by atomic mass is 16.4. The molecule has 0 atom stereocenters. The van der Waals surface area contributed by atoms with Gasteiger partial charge >= 0.3 is 5.63 Å². The maximum absolute atomic E-state index is 12.7. The van der Waals surface area contributed by atoms with Gasteiger partial charge in [0, 0.05) is 40.8 Å². The summed E-state index contributed by atoms with van der Waals surface area (Å²) in [5.41, 5.74) is 4.08. The van der Waals surface area contributed by atoms with Crippen molar-refractivity contribution in [2.24, 2.45) is 0 Å². The minimum atomic E-state index is -1.25. The monoisotopic (exact) mass is 432 g/mol. The molecule has 4 aromatic rings. The van der Waals surface area contributed by atoms with Gasteiger partial charge in [-0.05, 0) is 38.0 Å². The van der Waals surface area contributed by atoms with Crippen LogP contribution in [0, 0.1) is 20.8 Å². The van der Waals surface area contributed by atoms with Gasteiger partial charge in [-0.3, -0.25) is 4.79 Å². The van der Waals surface area contributed by atoms with Crippen molar-refractivity contribution in [3.63, 3.8) is 0 Å². The van der Waals surface area contributed by atoms with Crippen molar-refractivity contribution in [3.05, 3.63) is 69.3 Å². The number of amides is 1. The second-order valence-electron chi connectivity index (χ2n) is 7.80. The summed E-state index contributed by atoms with van der Waals surface area (Å²) in [7, 11) is 0. The number of carbonyl (C=O) groups is 2. The summed E-state index contributed by atoms with van der Waals surface area (Å²) in [6.45, 7) is 5.46. The molecule has 0 aliphatic heterocycles. The SMILES string of the molecule is Cc1oc2c(C)c3oc(=O)c(CC(=O)NCCC(=O)[O-])c(C)c3cc2c1-c1ccccc1. The zero-order valence-corrected chi connectivity index (χ0v) is 18.0. The van der Waals surface area contributed by atoms with Crippen LogP contribution >= 0.6 is 0 Å². The van der Waals surface area contributed by atoms with Crippen LogP contribution in [0.25, 0.3) is 33.1 Å². The predicted molar refractivity (Wildman–Crippen MR) is 118 cm³/mol. The fourth-order valence-electron chi connectivity index (χ4n) is 4.07. The number of aryl methyl sites for hydroxylation is 3. The van der Waals surface area contributed by atoms with E-state index in [1.165, 1.54) is 0 Å². The number of hydrogen-bond donors (Lipinski definition) is 1. The smallest absolute Gasteiger partial charge is 0.340 e. The molecule has 0 spiro atoms. The molecular weight excluding hydrogens is 410 g/mol. The molecule has 2 heterocycles. The highest BCUT2D eigenvalue weighted by Gasteiger charge is 2.21. The van der Waals surface area contributed by atoms with Gasteiger partial charge in [0.15, 0.2) is 0 Å². The Balaban J connectivity index is 1.84. The largest absolute Gasteiger partial charge is 0.550 e. The first-order valence-corrected chi connectivity index (χ1v) is 10.3. The minimum Gasteiger partial charge on any atom is -0.550 e. The molecule has 0 aliphatic carbocycles. The Kier molecular flexibility index (Phi) is 5.57. The third-order valence-corrected chi connectivity index (χ3v) is 5.68. The molecule has 7 heteroatoms. The van der Waals surface area contributed by atoms with Gasteiger partial charge in [0.05, 0.1) is 12.0 Å². The number of aliphatic carboxylic acids is 1. The molecule has 4 rings (SSSR count). The van der Waals surface area contributed by atoms with Gasteiger partial charge in [0.2, 0.25) is 5.91 Å². The van der Waals surface area contributed by atoms with Crippen LogP contribution in [-0.2, 0) is 16.0 Å². The Morgan fingerprint density at radius 2 is 1.66 bits per heavy atom. The normalized spacial score (nSPS) is 11.2. The predicted octanol–water partition coefficient (Wildman–Crippen LogP) is 2.93. The molecule has 0 saturated carbocycles. The molecule has 0 bridgehead atoms. The van der Waals surface area contributed by atoms with Gasteiger partial charge in [0.25, 0.3) is 0 Å². The molecular formula is C25H22NO6-. The lowest BCUT2D eigenvalue weighted by atomic mass is 9.96. The quantitative estimate of drug-likeness (QED) is 0.469. The van der Waals surface area contributed by atoms with Crippen molar-refractivity contribution in [1.29, 1.82) is 0 Å². The Labute approximate surface area is 183 Å². The Morgan fingerprint density at radius 3 is 2.34 bits per heavy atom. The second kappa shape index (κ2) is 8.34. The summed E-state index contributed by atoms with van der Waals surface area (Å²) in [4.78, 5) is 35.4. The Hall–Kier alpha value is -3.87. The summed E-state index contributed by atoms with van der Waals surface area (Å²) in [6, 6.07) is 11.8. The molecule has 2 aromatic heterocycles. The van der Waals surface area contributed by atoms with E-state index >= 15 is 0 Å². The fraction of sp³-hybridized carbons (Fsp3) is 0.240. The highest BCUT2D eigenvalue weighted by molar-refractivity contribution is 6.06. The maximum atomic E-state index is 12.7. The molecule has 0 saturated heterocycles. The van der Waals surface area contributed by atoms with Crippen molar-refractivity contribution in [1.82, 2.24) is 5.32 Å². The van der Waals surface area contributed by atoms with Crippen molar-refractivity contribution < 1.29 is 23.5 Å². The van der Waals surface area contributed by atoms with Gasteiger partial charge < -0.3 is 24.1 Å². The van der Waals surface area contributed by atoms with Crippen LogP contribution in [0.2, 0.25) is 0 Å². The third kappa shape index (κ3) is 3.77. The zero-order valence-electron chi connectivity index (χ0n) is 18.0. The van der Waals surface area contributed by atoms with E-state index in [-0.39, 0.29) is 24.9 Å². The third-order valence-electron chi connectivity index (χ3n) is 5.68. The second-order valence-corrected chi connectivity index (χ2v) is 7.80. The van der Waals surface area contributed by atoms with E-state index in [1.54, 1.807) is 6.92 Å². The van der Waals surface area contributed by atoms with Gasteiger partial charge in [0.1, 0.15) is 16.9 Å². The van der Waals surface area contributed by atoms with Gasteiger partial charge in [-0.1, -0.05) is 30.3 Å².